The Kier molecular flexibility index (Phi) is 8.13. The molecule has 1 unspecified atom stereocenters. The second kappa shape index (κ2) is 9.72. The summed E-state index contributed by atoms with van der Waals surface area (Å²) in [6.45, 7) is 4.65. The van der Waals surface area contributed by atoms with E-state index in [9.17, 15) is 0 Å². The van der Waals surface area contributed by atoms with Gasteiger partial charge in [0, 0.05) is 38.4 Å². The zero-order chi connectivity index (χ0) is 13.9. The second-order valence-electron chi connectivity index (χ2n) is 4.25. The minimum Gasteiger partial charge on any atom is -0.478 e. The molecule has 1 rings (SSSR count). The fourth-order valence-electron chi connectivity index (χ4n) is 1.48. The average molecular weight is 268 g/mol. The summed E-state index contributed by atoms with van der Waals surface area (Å²) in [5, 5.41) is 3.17. The van der Waals surface area contributed by atoms with Crippen molar-refractivity contribution in [2.75, 3.05) is 40.6 Å². The molecule has 19 heavy (non-hydrogen) atoms. The van der Waals surface area contributed by atoms with Crippen LogP contribution in [0, 0.1) is 0 Å². The van der Waals surface area contributed by atoms with Gasteiger partial charge < -0.3 is 19.5 Å². The number of nitrogens with zero attached hydrogens (tertiary/aromatic N) is 1. The Balaban J connectivity index is 2.16. The molecule has 0 spiro atoms. The summed E-state index contributed by atoms with van der Waals surface area (Å²) in [6, 6.07) is 4.23. The topological polar surface area (TPSA) is 52.6 Å². The predicted molar refractivity (Wildman–Crippen MR) is 74.5 cm³/mol. The van der Waals surface area contributed by atoms with E-state index in [1.807, 2.05) is 25.4 Å². The lowest BCUT2D eigenvalue weighted by Crippen LogP contribution is -2.12. The van der Waals surface area contributed by atoms with Crippen LogP contribution in [0.3, 0.4) is 0 Å². The van der Waals surface area contributed by atoms with Gasteiger partial charge in [0.25, 0.3) is 0 Å². The summed E-state index contributed by atoms with van der Waals surface area (Å²) in [7, 11) is 3.59. The summed E-state index contributed by atoms with van der Waals surface area (Å²) in [4.78, 5) is 4.27. The van der Waals surface area contributed by atoms with Gasteiger partial charge in [0.2, 0.25) is 5.88 Å². The highest BCUT2D eigenvalue weighted by Crippen LogP contribution is 2.13. The van der Waals surface area contributed by atoms with Crippen LogP contribution in [0.2, 0.25) is 0 Å². The van der Waals surface area contributed by atoms with Crippen molar-refractivity contribution >= 4 is 0 Å². The summed E-state index contributed by atoms with van der Waals surface area (Å²) in [6.07, 6.45) is 2.69. The standard InChI is InChI=1S/C14H24N2O3/c1-12(15-2)13-5-6-14(16-11-13)19-8-4-7-18-10-9-17-3/h5-6,11-12,15H,4,7-10H2,1-3H3. The van der Waals surface area contributed by atoms with Crippen LogP contribution in [0.5, 0.6) is 5.88 Å². The maximum absolute atomic E-state index is 5.54. The molecular formula is C14H24N2O3. The minimum absolute atomic E-state index is 0.302. The van der Waals surface area contributed by atoms with E-state index in [0.717, 1.165) is 12.0 Å². The zero-order valence-corrected chi connectivity index (χ0v) is 12.0. The van der Waals surface area contributed by atoms with E-state index in [4.69, 9.17) is 14.2 Å². The lowest BCUT2D eigenvalue weighted by molar-refractivity contribution is 0.0642. The van der Waals surface area contributed by atoms with E-state index in [-0.39, 0.29) is 0 Å². The molecule has 0 aliphatic heterocycles. The minimum atomic E-state index is 0.302. The molecule has 108 valence electrons. The Hall–Kier alpha value is -1.17. The Morgan fingerprint density at radius 2 is 2.05 bits per heavy atom. The first-order chi connectivity index (χ1) is 9.27. The molecule has 1 heterocycles. The van der Waals surface area contributed by atoms with Crippen molar-refractivity contribution in [1.29, 1.82) is 0 Å². The molecule has 0 fully saturated rings. The van der Waals surface area contributed by atoms with Crippen LogP contribution in [0.4, 0.5) is 0 Å². The summed E-state index contributed by atoms with van der Waals surface area (Å²) < 4.78 is 15.8. The smallest absolute Gasteiger partial charge is 0.213 e. The molecule has 1 aromatic rings. The highest BCUT2D eigenvalue weighted by molar-refractivity contribution is 5.20. The highest BCUT2D eigenvalue weighted by Gasteiger charge is 2.03. The second-order valence-corrected chi connectivity index (χ2v) is 4.25. The summed E-state index contributed by atoms with van der Waals surface area (Å²) in [5.74, 6) is 0.656. The lowest BCUT2D eigenvalue weighted by atomic mass is 10.1. The van der Waals surface area contributed by atoms with E-state index in [2.05, 4.69) is 17.2 Å². The Morgan fingerprint density at radius 3 is 2.68 bits per heavy atom. The van der Waals surface area contributed by atoms with Crippen LogP contribution in [0.25, 0.3) is 0 Å². The highest BCUT2D eigenvalue weighted by atomic mass is 16.5. The molecule has 0 aliphatic carbocycles. The van der Waals surface area contributed by atoms with Gasteiger partial charge in [0.15, 0.2) is 0 Å². The first-order valence-corrected chi connectivity index (χ1v) is 6.60. The third-order valence-electron chi connectivity index (χ3n) is 2.81. The SMILES string of the molecule is CNC(C)c1ccc(OCCCOCCOC)nc1. The summed E-state index contributed by atoms with van der Waals surface area (Å²) in [5.41, 5.74) is 1.15. The van der Waals surface area contributed by atoms with Crippen LogP contribution in [0.15, 0.2) is 18.3 Å². The number of hydrogen-bond acceptors (Lipinski definition) is 5. The molecule has 5 heteroatoms. The zero-order valence-electron chi connectivity index (χ0n) is 12.0. The van der Waals surface area contributed by atoms with Gasteiger partial charge in [-0.2, -0.15) is 0 Å². The van der Waals surface area contributed by atoms with Gasteiger partial charge in [-0.25, -0.2) is 4.98 Å². The van der Waals surface area contributed by atoms with Crippen LogP contribution >= 0.6 is 0 Å². The largest absolute Gasteiger partial charge is 0.478 e. The molecular weight excluding hydrogens is 244 g/mol. The maximum atomic E-state index is 5.54. The lowest BCUT2D eigenvalue weighted by Gasteiger charge is -2.11. The molecule has 0 saturated carbocycles. The van der Waals surface area contributed by atoms with Crippen molar-refractivity contribution < 1.29 is 14.2 Å². The van der Waals surface area contributed by atoms with Crippen LogP contribution < -0.4 is 10.1 Å². The van der Waals surface area contributed by atoms with Gasteiger partial charge in [0.05, 0.1) is 19.8 Å². The Bertz CT molecular complexity index is 330. The number of nitrogens with one attached hydrogen (secondary N) is 1. The van der Waals surface area contributed by atoms with Crippen molar-refractivity contribution in [2.45, 2.75) is 19.4 Å². The maximum Gasteiger partial charge on any atom is 0.213 e. The van der Waals surface area contributed by atoms with Crippen LogP contribution in [-0.4, -0.2) is 45.6 Å². The average Bonchev–Trinajstić information content (AvgIpc) is 2.46. The van der Waals surface area contributed by atoms with Crippen molar-refractivity contribution in [3.63, 3.8) is 0 Å². The van der Waals surface area contributed by atoms with E-state index in [0.29, 0.717) is 38.3 Å². The number of ether oxygens (including phenoxy) is 3. The van der Waals surface area contributed by atoms with Gasteiger partial charge in [0.1, 0.15) is 0 Å². The van der Waals surface area contributed by atoms with E-state index in [1.165, 1.54) is 0 Å². The molecule has 0 radical (unpaired) electrons. The van der Waals surface area contributed by atoms with Gasteiger partial charge in [-0.3, -0.25) is 0 Å². The molecule has 1 aromatic heterocycles. The molecule has 0 saturated heterocycles. The first kappa shape index (κ1) is 15.9. The third-order valence-corrected chi connectivity index (χ3v) is 2.81. The number of methoxy groups -OCH3 is 1. The molecule has 0 aliphatic rings. The monoisotopic (exact) mass is 268 g/mol. The van der Waals surface area contributed by atoms with Gasteiger partial charge in [-0.15, -0.1) is 0 Å². The summed E-state index contributed by atoms with van der Waals surface area (Å²) >= 11 is 0. The quantitative estimate of drug-likeness (QED) is 0.656. The normalized spacial score (nSPS) is 12.4. The van der Waals surface area contributed by atoms with Crippen molar-refractivity contribution in [1.82, 2.24) is 10.3 Å². The molecule has 5 nitrogen and oxygen atoms in total. The van der Waals surface area contributed by atoms with Gasteiger partial charge in [-0.1, -0.05) is 6.07 Å². The van der Waals surface area contributed by atoms with E-state index in [1.54, 1.807) is 7.11 Å². The molecule has 1 N–H and O–H groups in total. The fourth-order valence-corrected chi connectivity index (χ4v) is 1.48. The van der Waals surface area contributed by atoms with Crippen molar-refractivity contribution in [3.05, 3.63) is 23.9 Å². The van der Waals surface area contributed by atoms with Crippen LogP contribution in [-0.2, 0) is 9.47 Å². The van der Waals surface area contributed by atoms with E-state index < -0.39 is 0 Å². The number of hydrogen-bond donors (Lipinski definition) is 1. The Morgan fingerprint density at radius 1 is 1.21 bits per heavy atom. The van der Waals surface area contributed by atoms with Gasteiger partial charge >= 0.3 is 0 Å². The van der Waals surface area contributed by atoms with E-state index >= 15 is 0 Å². The van der Waals surface area contributed by atoms with Gasteiger partial charge in [-0.05, 0) is 19.5 Å². The Labute approximate surface area is 115 Å². The number of aromatic nitrogens is 1. The molecule has 0 amide bonds. The van der Waals surface area contributed by atoms with Crippen molar-refractivity contribution in [3.8, 4) is 5.88 Å². The first-order valence-electron chi connectivity index (χ1n) is 6.60. The molecule has 1 atom stereocenters. The van der Waals surface area contributed by atoms with Crippen LogP contribution in [0.1, 0.15) is 24.9 Å². The molecule has 0 aromatic carbocycles. The predicted octanol–water partition coefficient (Wildman–Crippen LogP) is 1.79. The molecule has 0 bridgehead atoms. The third kappa shape index (κ3) is 6.52. The number of rotatable bonds is 10. The van der Waals surface area contributed by atoms with Crippen molar-refractivity contribution in [2.24, 2.45) is 0 Å². The number of pyridine rings is 1. The fraction of sp³-hybridized carbons (Fsp3) is 0.643.